The molecule has 7 heteroatoms. The van der Waals surface area contributed by atoms with Crippen LogP contribution in [-0.2, 0) is 17.8 Å². The van der Waals surface area contributed by atoms with E-state index in [9.17, 15) is 9.59 Å². The summed E-state index contributed by atoms with van der Waals surface area (Å²) < 4.78 is 2.01. The van der Waals surface area contributed by atoms with Gasteiger partial charge in [-0.25, -0.2) is 0 Å². The second-order valence-electron chi connectivity index (χ2n) is 8.43. The fourth-order valence-corrected chi connectivity index (χ4v) is 4.27. The molecule has 31 heavy (non-hydrogen) atoms. The van der Waals surface area contributed by atoms with E-state index in [-0.39, 0.29) is 17.7 Å². The molecule has 4 rings (SSSR count). The normalized spacial score (nSPS) is 14.3. The van der Waals surface area contributed by atoms with E-state index in [1.807, 2.05) is 66.9 Å². The monoisotopic (exact) mass is 419 g/mol. The van der Waals surface area contributed by atoms with Gasteiger partial charge in [0.15, 0.2) is 5.65 Å². The number of amides is 2. The van der Waals surface area contributed by atoms with Gasteiger partial charge in [0, 0.05) is 31.3 Å². The highest BCUT2D eigenvalue weighted by Crippen LogP contribution is 2.27. The predicted octanol–water partition coefficient (Wildman–Crippen LogP) is 3.24. The molecule has 3 aromatic rings. The van der Waals surface area contributed by atoms with Crippen LogP contribution in [-0.4, -0.2) is 43.9 Å². The van der Waals surface area contributed by atoms with Gasteiger partial charge in [-0.05, 0) is 42.5 Å². The molecule has 0 saturated heterocycles. The van der Waals surface area contributed by atoms with Crippen LogP contribution in [0, 0.1) is 5.92 Å². The highest BCUT2D eigenvalue weighted by molar-refractivity contribution is 6.01. The Balaban J connectivity index is 1.24. The van der Waals surface area contributed by atoms with Crippen molar-refractivity contribution in [1.82, 2.24) is 24.8 Å². The van der Waals surface area contributed by atoms with Crippen LogP contribution in [0.3, 0.4) is 0 Å². The lowest BCUT2D eigenvalue weighted by Gasteiger charge is -2.30. The van der Waals surface area contributed by atoms with E-state index in [1.165, 1.54) is 0 Å². The van der Waals surface area contributed by atoms with Gasteiger partial charge in [-0.1, -0.05) is 44.5 Å². The van der Waals surface area contributed by atoms with Gasteiger partial charge in [-0.15, -0.1) is 10.2 Å². The Bertz CT molecular complexity index is 1070. The Morgan fingerprint density at radius 1 is 1.06 bits per heavy atom. The van der Waals surface area contributed by atoms with Crippen LogP contribution < -0.4 is 5.32 Å². The van der Waals surface area contributed by atoms with Gasteiger partial charge in [0.2, 0.25) is 5.91 Å². The smallest absolute Gasteiger partial charge is 0.255 e. The summed E-state index contributed by atoms with van der Waals surface area (Å²) in [5, 5.41) is 11.5. The molecule has 0 saturated carbocycles. The summed E-state index contributed by atoms with van der Waals surface area (Å²) in [6, 6.07) is 13.0. The zero-order chi connectivity index (χ0) is 21.8. The Morgan fingerprint density at radius 3 is 2.68 bits per heavy atom. The molecule has 7 nitrogen and oxygen atoms in total. The van der Waals surface area contributed by atoms with E-state index in [0.717, 1.165) is 42.7 Å². The van der Waals surface area contributed by atoms with Crippen LogP contribution in [0.25, 0.3) is 5.65 Å². The molecule has 1 aliphatic heterocycles. The molecule has 2 amide bonds. The largest absolute Gasteiger partial charge is 0.354 e. The van der Waals surface area contributed by atoms with Gasteiger partial charge in [0.25, 0.3) is 5.91 Å². The number of hydrogen-bond donors (Lipinski definition) is 1. The molecule has 0 spiro atoms. The number of pyridine rings is 1. The van der Waals surface area contributed by atoms with Crippen molar-refractivity contribution in [3.05, 3.63) is 65.6 Å². The Hall–Kier alpha value is -3.22. The summed E-state index contributed by atoms with van der Waals surface area (Å²) in [7, 11) is 0. The summed E-state index contributed by atoms with van der Waals surface area (Å²) in [4.78, 5) is 27.4. The molecule has 1 atom stereocenters. The predicted molar refractivity (Wildman–Crippen MR) is 118 cm³/mol. The van der Waals surface area contributed by atoms with Crippen molar-refractivity contribution >= 4 is 17.5 Å². The Morgan fingerprint density at radius 2 is 1.87 bits per heavy atom. The number of aromatic nitrogens is 3. The third kappa shape index (κ3) is 4.45. The molecular weight excluding hydrogens is 390 g/mol. The van der Waals surface area contributed by atoms with Crippen molar-refractivity contribution in [3.8, 4) is 0 Å². The van der Waals surface area contributed by atoms with Gasteiger partial charge in [0.05, 0.1) is 0 Å². The first-order valence-corrected chi connectivity index (χ1v) is 11.0. The van der Waals surface area contributed by atoms with E-state index in [0.29, 0.717) is 18.7 Å². The second-order valence-corrected chi connectivity index (χ2v) is 8.43. The number of aryl methyl sites for hydroxylation is 1. The molecule has 1 aliphatic rings. The van der Waals surface area contributed by atoms with Crippen LogP contribution in [0.2, 0.25) is 0 Å². The molecular formula is C24H29N5O2. The number of benzene rings is 1. The molecule has 0 fully saturated rings. The number of nitrogens with one attached hydrogen (secondary N) is 1. The average molecular weight is 420 g/mol. The zero-order valence-corrected chi connectivity index (χ0v) is 18.1. The molecule has 0 aliphatic carbocycles. The Labute approximate surface area is 182 Å². The number of unbranched alkanes of at least 4 members (excludes halogenated alkanes) is 2. The SMILES string of the molecule is CC(C)[C@@H](C(=O)NCCCCCc1nnc2ccccn12)N1Cc2ccccc2C1=O. The van der Waals surface area contributed by atoms with Crippen molar-refractivity contribution in [2.75, 3.05) is 6.54 Å². The highest BCUT2D eigenvalue weighted by atomic mass is 16.2. The second kappa shape index (κ2) is 9.29. The number of rotatable bonds is 9. The molecule has 3 heterocycles. The van der Waals surface area contributed by atoms with Gasteiger partial charge >= 0.3 is 0 Å². The van der Waals surface area contributed by atoms with E-state index >= 15 is 0 Å². The van der Waals surface area contributed by atoms with Crippen LogP contribution >= 0.6 is 0 Å². The van der Waals surface area contributed by atoms with E-state index in [2.05, 4.69) is 15.5 Å². The van der Waals surface area contributed by atoms with Crippen molar-refractivity contribution < 1.29 is 9.59 Å². The van der Waals surface area contributed by atoms with Crippen LogP contribution in [0.1, 0.15) is 54.9 Å². The molecule has 0 radical (unpaired) electrons. The fourth-order valence-electron chi connectivity index (χ4n) is 4.27. The third-order valence-corrected chi connectivity index (χ3v) is 5.85. The first-order valence-electron chi connectivity index (χ1n) is 11.0. The van der Waals surface area contributed by atoms with Crippen LogP contribution in [0.5, 0.6) is 0 Å². The maximum Gasteiger partial charge on any atom is 0.255 e. The molecule has 1 aromatic carbocycles. The van der Waals surface area contributed by atoms with Crippen LogP contribution in [0.15, 0.2) is 48.7 Å². The van der Waals surface area contributed by atoms with Crippen LogP contribution in [0.4, 0.5) is 0 Å². The van der Waals surface area contributed by atoms with Gasteiger partial charge in [0.1, 0.15) is 11.9 Å². The lowest BCUT2D eigenvalue weighted by Crippen LogP contribution is -2.50. The topological polar surface area (TPSA) is 79.6 Å². The maximum absolute atomic E-state index is 12.9. The minimum atomic E-state index is -0.456. The summed E-state index contributed by atoms with van der Waals surface area (Å²) in [6.45, 7) is 5.09. The zero-order valence-electron chi connectivity index (χ0n) is 18.1. The number of nitrogens with zero attached hydrogens (tertiary/aromatic N) is 4. The van der Waals surface area contributed by atoms with E-state index in [1.54, 1.807) is 4.90 Å². The minimum absolute atomic E-state index is 0.0412. The van der Waals surface area contributed by atoms with Gasteiger partial charge in [-0.2, -0.15) is 0 Å². The molecule has 0 unspecified atom stereocenters. The highest BCUT2D eigenvalue weighted by Gasteiger charge is 2.37. The van der Waals surface area contributed by atoms with E-state index < -0.39 is 6.04 Å². The maximum atomic E-state index is 12.9. The third-order valence-electron chi connectivity index (χ3n) is 5.85. The molecule has 2 aromatic heterocycles. The minimum Gasteiger partial charge on any atom is -0.354 e. The number of carbonyl (C=O) groups excluding carboxylic acids is 2. The van der Waals surface area contributed by atoms with E-state index in [4.69, 9.17) is 0 Å². The van der Waals surface area contributed by atoms with Crippen molar-refractivity contribution in [3.63, 3.8) is 0 Å². The van der Waals surface area contributed by atoms with Gasteiger partial charge < -0.3 is 10.2 Å². The Kier molecular flexibility index (Phi) is 6.30. The summed E-state index contributed by atoms with van der Waals surface area (Å²) in [6.07, 6.45) is 5.70. The first kappa shape index (κ1) is 21.0. The van der Waals surface area contributed by atoms with Crippen molar-refractivity contribution in [2.24, 2.45) is 5.92 Å². The summed E-state index contributed by atoms with van der Waals surface area (Å²) in [5.41, 5.74) is 2.57. The van der Waals surface area contributed by atoms with Crippen molar-refractivity contribution in [2.45, 2.75) is 52.1 Å². The first-order chi connectivity index (χ1) is 15.1. The quantitative estimate of drug-likeness (QED) is 0.540. The average Bonchev–Trinajstić information content (AvgIpc) is 3.32. The van der Waals surface area contributed by atoms with Gasteiger partial charge in [-0.3, -0.25) is 14.0 Å². The number of fused-ring (bicyclic) bond motifs is 2. The summed E-state index contributed by atoms with van der Waals surface area (Å²) in [5.74, 6) is 0.885. The lowest BCUT2D eigenvalue weighted by molar-refractivity contribution is -0.127. The fraction of sp³-hybridized carbons (Fsp3) is 0.417. The number of hydrogen-bond acceptors (Lipinski definition) is 4. The number of carbonyl (C=O) groups is 2. The lowest BCUT2D eigenvalue weighted by atomic mass is 10.0. The summed E-state index contributed by atoms with van der Waals surface area (Å²) >= 11 is 0. The van der Waals surface area contributed by atoms with Crippen molar-refractivity contribution in [1.29, 1.82) is 0 Å². The molecule has 0 bridgehead atoms. The molecule has 162 valence electrons. The molecule has 1 N–H and O–H groups in total. The standard InChI is InChI=1S/C24H29N5O2/c1-17(2)22(29-16-18-10-5-6-11-19(18)24(29)31)23(30)25-14-8-3-4-12-20-26-27-21-13-7-9-15-28(20)21/h5-7,9-11,13,15,17,22H,3-4,8,12,14,16H2,1-2H3,(H,25,30)/t22-/m0/s1.